The van der Waals surface area contributed by atoms with Crippen molar-refractivity contribution in [1.82, 2.24) is 0 Å². The molecular weight excluding hydrogens is 140 g/mol. The van der Waals surface area contributed by atoms with Crippen LogP contribution in [0.5, 0.6) is 0 Å². The molecule has 0 spiro atoms. The van der Waals surface area contributed by atoms with Gasteiger partial charge in [-0.1, -0.05) is 12.2 Å². The average Bonchev–Trinajstić information content (AvgIpc) is 2.14. The molecule has 1 aliphatic rings. The molecule has 62 valence electrons. The Morgan fingerprint density at radius 2 is 1.91 bits per heavy atom. The predicted molar refractivity (Wildman–Crippen MR) is 43.4 cm³/mol. The van der Waals surface area contributed by atoms with Crippen LogP contribution in [0.15, 0.2) is 12.2 Å². The van der Waals surface area contributed by atoms with Gasteiger partial charge in [0.2, 0.25) is 0 Å². The van der Waals surface area contributed by atoms with Gasteiger partial charge in [0.25, 0.3) is 0 Å². The summed E-state index contributed by atoms with van der Waals surface area (Å²) in [5, 5.41) is 8.54. The van der Waals surface area contributed by atoms with Gasteiger partial charge in [-0.25, -0.2) is 0 Å². The Hall–Kier alpha value is -0.790. The minimum Gasteiger partial charge on any atom is -0.481 e. The largest absolute Gasteiger partial charge is 0.481 e. The first-order valence-corrected chi connectivity index (χ1v) is 4.16. The van der Waals surface area contributed by atoms with Crippen LogP contribution < -0.4 is 0 Å². The van der Waals surface area contributed by atoms with Gasteiger partial charge in [-0.15, -0.1) is 0 Å². The lowest BCUT2D eigenvalue weighted by atomic mass is 9.97. The second-order valence-corrected chi connectivity index (χ2v) is 3.09. The summed E-state index contributed by atoms with van der Waals surface area (Å²) in [6, 6.07) is 0. The van der Waals surface area contributed by atoms with E-state index >= 15 is 0 Å². The van der Waals surface area contributed by atoms with Gasteiger partial charge in [0.15, 0.2) is 0 Å². The summed E-state index contributed by atoms with van der Waals surface area (Å²) in [4.78, 5) is 10.4. The average molecular weight is 154 g/mol. The maximum atomic E-state index is 10.4. The Balaban J connectivity index is 2.29. The third kappa shape index (κ3) is 3.21. The number of aliphatic carboxylic acids is 1. The summed E-state index contributed by atoms with van der Waals surface area (Å²) < 4.78 is 0. The van der Waals surface area contributed by atoms with Crippen LogP contribution >= 0.6 is 0 Å². The van der Waals surface area contributed by atoms with Gasteiger partial charge in [0, 0.05) is 6.42 Å². The van der Waals surface area contributed by atoms with Gasteiger partial charge in [-0.2, -0.15) is 0 Å². The molecule has 2 heteroatoms. The molecule has 0 aliphatic heterocycles. The predicted octanol–water partition coefficient (Wildman–Crippen LogP) is 2.21. The molecule has 0 saturated carbocycles. The zero-order valence-corrected chi connectivity index (χ0v) is 6.62. The van der Waals surface area contributed by atoms with Gasteiger partial charge in [-0.3, -0.25) is 4.79 Å². The van der Waals surface area contributed by atoms with E-state index < -0.39 is 5.97 Å². The number of allylic oxidation sites excluding steroid dienone is 2. The van der Waals surface area contributed by atoms with Gasteiger partial charge in [0.05, 0.1) is 0 Å². The fourth-order valence-corrected chi connectivity index (χ4v) is 1.49. The van der Waals surface area contributed by atoms with Crippen LogP contribution in [0.3, 0.4) is 0 Å². The van der Waals surface area contributed by atoms with Crippen molar-refractivity contribution in [3.8, 4) is 0 Å². The molecule has 0 heterocycles. The quantitative estimate of drug-likeness (QED) is 0.619. The normalized spacial score (nSPS) is 19.6. The van der Waals surface area contributed by atoms with E-state index in [9.17, 15) is 4.79 Å². The summed E-state index contributed by atoms with van der Waals surface area (Å²) in [6.07, 6.45) is 8.85. The lowest BCUT2D eigenvalue weighted by Gasteiger charge is -2.09. The molecule has 1 aliphatic carbocycles. The lowest BCUT2D eigenvalue weighted by molar-refractivity contribution is -0.138. The lowest BCUT2D eigenvalue weighted by Crippen LogP contribution is -2.06. The highest BCUT2D eigenvalue weighted by Gasteiger charge is 2.12. The zero-order chi connectivity index (χ0) is 8.10. The molecule has 0 bridgehead atoms. The van der Waals surface area contributed by atoms with Crippen molar-refractivity contribution >= 4 is 5.97 Å². The van der Waals surface area contributed by atoms with E-state index in [-0.39, 0.29) is 0 Å². The topological polar surface area (TPSA) is 37.3 Å². The Bertz CT molecular complexity index is 151. The molecular formula is C9H14O2. The number of carboxylic acids is 1. The number of carbonyl (C=O) groups is 1. The van der Waals surface area contributed by atoms with Crippen LogP contribution in [0, 0.1) is 5.92 Å². The van der Waals surface area contributed by atoms with E-state index in [4.69, 9.17) is 5.11 Å². The van der Waals surface area contributed by atoms with E-state index in [2.05, 4.69) is 12.2 Å². The Morgan fingerprint density at radius 1 is 1.36 bits per heavy atom. The Kier molecular flexibility index (Phi) is 3.14. The minimum atomic E-state index is -0.656. The molecule has 0 saturated heterocycles. The first-order valence-electron chi connectivity index (χ1n) is 4.16. The van der Waals surface area contributed by atoms with Gasteiger partial charge >= 0.3 is 5.97 Å². The summed E-state index contributed by atoms with van der Waals surface area (Å²) in [6.45, 7) is 0. The molecule has 0 radical (unpaired) electrons. The van der Waals surface area contributed by atoms with Crippen LogP contribution in [-0.2, 0) is 4.79 Å². The molecule has 0 atom stereocenters. The second kappa shape index (κ2) is 4.16. The number of hydrogen-bond donors (Lipinski definition) is 1. The molecule has 0 aromatic heterocycles. The van der Waals surface area contributed by atoms with Gasteiger partial charge in [0.1, 0.15) is 0 Å². The highest BCUT2D eigenvalue weighted by Crippen LogP contribution is 2.21. The van der Waals surface area contributed by atoms with Crippen LogP contribution in [0.4, 0.5) is 0 Å². The first-order chi connectivity index (χ1) is 5.29. The van der Waals surface area contributed by atoms with Crippen molar-refractivity contribution in [2.75, 3.05) is 0 Å². The number of carboxylic acid groups (broad SMARTS) is 1. The molecule has 1 rings (SSSR count). The highest BCUT2D eigenvalue weighted by molar-refractivity contribution is 5.67. The third-order valence-electron chi connectivity index (χ3n) is 2.11. The minimum absolute atomic E-state index is 0.349. The van der Waals surface area contributed by atoms with Crippen molar-refractivity contribution in [3.05, 3.63) is 12.2 Å². The van der Waals surface area contributed by atoms with Crippen LogP contribution in [0.25, 0.3) is 0 Å². The van der Waals surface area contributed by atoms with E-state index in [1.807, 2.05) is 0 Å². The van der Waals surface area contributed by atoms with E-state index in [1.54, 1.807) is 0 Å². The number of rotatable bonds is 2. The fourth-order valence-electron chi connectivity index (χ4n) is 1.49. The number of hydrogen-bond acceptors (Lipinski definition) is 1. The van der Waals surface area contributed by atoms with Gasteiger partial charge < -0.3 is 5.11 Å². The third-order valence-corrected chi connectivity index (χ3v) is 2.11. The van der Waals surface area contributed by atoms with Crippen LogP contribution in [0.1, 0.15) is 32.1 Å². The summed E-state index contributed by atoms with van der Waals surface area (Å²) >= 11 is 0. The Morgan fingerprint density at radius 3 is 2.36 bits per heavy atom. The molecule has 0 fully saturated rings. The Labute approximate surface area is 66.9 Å². The maximum Gasteiger partial charge on any atom is 0.303 e. The standard InChI is InChI=1S/C9H14O2/c10-9(11)7-8-5-3-1-2-4-6-8/h1-2,8H,3-7H2,(H,10,11). The molecule has 0 unspecified atom stereocenters. The van der Waals surface area contributed by atoms with E-state index in [0.29, 0.717) is 12.3 Å². The van der Waals surface area contributed by atoms with E-state index in [1.165, 1.54) is 0 Å². The first kappa shape index (κ1) is 8.31. The van der Waals surface area contributed by atoms with Crippen molar-refractivity contribution in [3.63, 3.8) is 0 Å². The molecule has 0 amide bonds. The van der Waals surface area contributed by atoms with Crippen molar-refractivity contribution < 1.29 is 9.90 Å². The smallest absolute Gasteiger partial charge is 0.303 e. The van der Waals surface area contributed by atoms with Gasteiger partial charge in [-0.05, 0) is 31.6 Å². The SMILES string of the molecule is O=C(O)CC1CCC=CCC1. The molecule has 0 aromatic rings. The van der Waals surface area contributed by atoms with Crippen LogP contribution in [-0.4, -0.2) is 11.1 Å². The zero-order valence-electron chi connectivity index (χ0n) is 6.62. The maximum absolute atomic E-state index is 10.4. The summed E-state index contributed by atoms with van der Waals surface area (Å²) in [7, 11) is 0. The van der Waals surface area contributed by atoms with Crippen molar-refractivity contribution in [1.29, 1.82) is 0 Å². The summed E-state index contributed by atoms with van der Waals surface area (Å²) in [5.74, 6) is -0.251. The summed E-state index contributed by atoms with van der Waals surface area (Å²) in [5.41, 5.74) is 0. The molecule has 11 heavy (non-hydrogen) atoms. The highest BCUT2D eigenvalue weighted by atomic mass is 16.4. The molecule has 0 aromatic carbocycles. The van der Waals surface area contributed by atoms with Crippen molar-refractivity contribution in [2.45, 2.75) is 32.1 Å². The monoisotopic (exact) mass is 154 g/mol. The van der Waals surface area contributed by atoms with Crippen LogP contribution in [0.2, 0.25) is 0 Å². The fraction of sp³-hybridized carbons (Fsp3) is 0.667. The second-order valence-electron chi connectivity index (χ2n) is 3.09. The molecule has 2 nitrogen and oxygen atoms in total. The van der Waals surface area contributed by atoms with Crippen molar-refractivity contribution in [2.24, 2.45) is 5.92 Å². The van der Waals surface area contributed by atoms with E-state index in [0.717, 1.165) is 25.7 Å². The molecule has 1 N–H and O–H groups in total.